The molecule has 0 saturated heterocycles. The van der Waals surface area contributed by atoms with E-state index in [0.29, 0.717) is 35.1 Å². The van der Waals surface area contributed by atoms with Crippen molar-refractivity contribution in [3.8, 4) is 6.07 Å². The number of carbonyl (C=O) groups excluding carboxylic acids is 1. The Labute approximate surface area is 143 Å². The maximum Gasteiger partial charge on any atom is 0.254 e. The number of anilines is 1. The van der Waals surface area contributed by atoms with Gasteiger partial charge in [0.15, 0.2) is 0 Å². The van der Waals surface area contributed by atoms with Crippen molar-refractivity contribution in [2.45, 2.75) is 25.3 Å². The number of aromatic nitrogens is 2. The van der Waals surface area contributed by atoms with Gasteiger partial charge in [0.2, 0.25) is 5.95 Å². The third-order valence-electron chi connectivity index (χ3n) is 4.44. The Morgan fingerprint density at radius 2 is 2.25 bits per heavy atom. The van der Waals surface area contributed by atoms with Crippen molar-refractivity contribution in [1.29, 1.82) is 5.26 Å². The average molecular weight is 340 g/mol. The lowest BCUT2D eigenvalue weighted by molar-refractivity contribution is 0.0944. The third kappa shape index (κ3) is 2.57. The van der Waals surface area contributed by atoms with Gasteiger partial charge in [-0.2, -0.15) is 5.26 Å². The van der Waals surface area contributed by atoms with Gasteiger partial charge in [-0.3, -0.25) is 4.79 Å². The van der Waals surface area contributed by atoms with E-state index in [-0.39, 0.29) is 11.9 Å². The molecule has 2 heterocycles. The van der Waals surface area contributed by atoms with Gasteiger partial charge >= 0.3 is 0 Å². The molecule has 6 nitrogen and oxygen atoms in total. The van der Waals surface area contributed by atoms with Gasteiger partial charge in [-0.05, 0) is 36.1 Å². The van der Waals surface area contributed by atoms with Crippen molar-refractivity contribution in [2.75, 3.05) is 11.9 Å². The maximum absolute atomic E-state index is 11.7. The van der Waals surface area contributed by atoms with Gasteiger partial charge in [-0.25, -0.2) is 9.97 Å². The molecule has 1 aromatic heterocycles. The van der Waals surface area contributed by atoms with Crippen LogP contribution in [-0.2, 0) is 19.3 Å². The number of halogens is 1. The predicted octanol–water partition coefficient (Wildman–Crippen LogP) is 1.87. The molecule has 24 heavy (non-hydrogen) atoms. The molecule has 0 fully saturated rings. The summed E-state index contributed by atoms with van der Waals surface area (Å²) in [6.07, 6.45) is 3.78. The molecule has 1 atom stereocenters. The highest BCUT2D eigenvalue weighted by Crippen LogP contribution is 2.30. The van der Waals surface area contributed by atoms with Crippen LogP contribution in [0, 0.1) is 11.3 Å². The lowest BCUT2D eigenvalue weighted by Crippen LogP contribution is -2.33. The van der Waals surface area contributed by atoms with E-state index in [0.717, 1.165) is 29.7 Å². The third-order valence-corrected chi connectivity index (χ3v) is 4.66. The van der Waals surface area contributed by atoms with E-state index >= 15 is 0 Å². The van der Waals surface area contributed by atoms with Gasteiger partial charge in [0.05, 0.1) is 22.9 Å². The molecule has 2 aromatic rings. The summed E-state index contributed by atoms with van der Waals surface area (Å²) in [5, 5.41) is 15.9. The first-order chi connectivity index (χ1) is 11.6. The Kier molecular flexibility index (Phi) is 3.58. The quantitative estimate of drug-likeness (QED) is 0.871. The van der Waals surface area contributed by atoms with Crippen LogP contribution in [0.5, 0.6) is 0 Å². The zero-order valence-electron chi connectivity index (χ0n) is 12.8. The molecule has 1 unspecified atom stereocenters. The standard InChI is InChI=1S/C17H14ClN5O/c18-11-3-9-5-12(6-13(9)10(4-11)7-19)22-17-21-8-14-15(23-17)1-2-20-16(14)24/h3-4,8,12H,1-2,5-6H2,(H,20,24)(H,21,22,23). The summed E-state index contributed by atoms with van der Waals surface area (Å²) in [5.74, 6) is 0.398. The van der Waals surface area contributed by atoms with Crippen molar-refractivity contribution in [3.05, 3.63) is 51.3 Å². The minimum Gasteiger partial charge on any atom is -0.352 e. The second kappa shape index (κ2) is 5.77. The summed E-state index contributed by atoms with van der Waals surface area (Å²) >= 11 is 6.07. The van der Waals surface area contributed by atoms with E-state index in [4.69, 9.17) is 11.6 Å². The minimum absolute atomic E-state index is 0.112. The van der Waals surface area contributed by atoms with Crippen LogP contribution >= 0.6 is 11.6 Å². The SMILES string of the molecule is N#Cc1cc(Cl)cc2c1CC(Nc1ncc3c(n1)CCNC3=O)C2. The van der Waals surface area contributed by atoms with Gasteiger partial charge in [0.25, 0.3) is 5.91 Å². The number of nitriles is 1. The molecule has 1 aromatic carbocycles. The van der Waals surface area contributed by atoms with Gasteiger partial charge < -0.3 is 10.6 Å². The minimum atomic E-state index is -0.121. The monoisotopic (exact) mass is 339 g/mol. The van der Waals surface area contributed by atoms with E-state index in [1.807, 2.05) is 6.07 Å². The van der Waals surface area contributed by atoms with E-state index in [2.05, 4.69) is 26.7 Å². The zero-order chi connectivity index (χ0) is 16.7. The smallest absolute Gasteiger partial charge is 0.254 e. The van der Waals surface area contributed by atoms with Crippen molar-refractivity contribution in [1.82, 2.24) is 15.3 Å². The molecule has 0 spiro atoms. The number of benzene rings is 1. The van der Waals surface area contributed by atoms with Gasteiger partial charge in [-0.15, -0.1) is 0 Å². The Balaban J connectivity index is 1.56. The second-order valence-electron chi connectivity index (χ2n) is 6.01. The second-order valence-corrected chi connectivity index (χ2v) is 6.45. The number of hydrogen-bond acceptors (Lipinski definition) is 5. The lowest BCUT2D eigenvalue weighted by Gasteiger charge is -2.17. The van der Waals surface area contributed by atoms with E-state index in [9.17, 15) is 10.1 Å². The number of carbonyl (C=O) groups is 1. The molecule has 1 aliphatic heterocycles. The Morgan fingerprint density at radius 1 is 1.38 bits per heavy atom. The number of hydrogen-bond donors (Lipinski definition) is 2. The molecule has 120 valence electrons. The molecule has 7 heteroatoms. The number of nitrogens with one attached hydrogen (secondary N) is 2. The molecule has 1 amide bonds. The van der Waals surface area contributed by atoms with E-state index < -0.39 is 0 Å². The fourth-order valence-corrected chi connectivity index (χ4v) is 3.58. The Hall–Kier alpha value is -2.65. The predicted molar refractivity (Wildman–Crippen MR) is 89.1 cm³/mol. The number of amides is 1. The van der Waals surface area contributed by atoms with Crippen LogP contribution in [0.2, 0.25) is 5.02 Å². The van der Waals surface area contributed by atoms with E-state index in [1.165, 1.54) is 0 Å². The van der Waals surface area contributed by atoms with Crippen molar-refractivity contribution < 1.29 is 4.79 Å². The first-order valence-corrected chi connectivity index (χ1v) is 8.14. The zero-order valence-corrected chi connectivity index (χ0v) is 13.5. The first-order valence-electron chi connectivity index (χ1n) is 7.76. The molecule has 0 bridgehead atoms. The normalized spacial score (nSPS) is 18.3. The molecule has 4 rings (SSSR count). The maximum atomic E-state index is 11.7. The molecule has 0 saturated carbocycles. The van der Waals surface area contributed by atoms with Crippen LogP contribution < -0.4 is 10.6 Å². The van der Waals surface area contributed by atoms with Gasteiger partial charge in [0, 0.05) is 30.2 Å². The summed E-state index contributed by atoms with van der Waals surface area (Å²) in [6.45, 7) is 0.598. The highest BCUT2D eigenvalue weighted by Gasteiger charge is 2.26. The van der Waals surface area contributed by atoms with Crippen molar-refractivity contribution >= 4 is 23.5 Å². The molecular formula is C17H14ClN5O. The summed E-state index contributed by atoms with van der Waals surface area (Å²) in [5.41, 5.74) is 4.07. The lowest BCUT2D eigenvalue weighted by atomic mass is 10.0. The number of fused-ring (bicyclic) bond motifs is 2. The van der Waals surface area contributed by atoms with Gasteiger partial charge in [-0.1, -0.05) is 11.6 Å². The summed E-state index contributed by atoms with van der Waals surface area (Å²) < 4.78 is 0. The van der Waals surface area contributed by atoms with Crippen LogP contribution in [0.25, 0.3) is 0 Å². The molecule has 0 radical (unpaired) electrons. The highest BCUT2D eigenvalue weighted by atomic mass is 35.5. The first kappa shape index (κ1) is 14.9. The molecule has 1 aliphatic carbocycles. The van der Waals surface area contributed by atoms with Crippen molar-refractivity contribution in [2.24, 2.45) is 0 Å². The summed E-state index contributed by atoms with van der Waals surface area (Å²) in [4.78, 5) is 20.5. The van der Waals surface area contributed by atoms with Crippen LogP contribution in [0.1, 0.15) is 32.7 Å². The summed E-state index contributed by atoms with van der Waals surface area (Å²) in [6, 6.07) is 5.94. The molecule has 2 N–H and O–H groups in total. The Morgan fingerprint density at radius 3 is 3.08 bits per heavy atom. The Bertz CT molecular complexity index is 889. The molecule has 2 aliphatic rings. The number of nitrogens with zero attached hydrogens (tertiary/aromatic N) is 3. The van der Waals surface area contributed by atoms with Crippen LogP contribution in [0.3, 0.4) is 0 Å². The van der Waals surface area contributed by atoms with Crippen molar-refractivity contribution in [3.63, 3.8) is 0 Å². The van der Waals surface area contributed by atoms with Crippen LogP contribution in [0.15, 0.2) is 18.3 Å². The van der Waals surface area contributed by atoms with Crippen LogP contribution in [-0.4, -0.2) is 28.5 Å². The largest absolute Gasteiger partial charge is 0.352 e. The topological polar surface area (TPSA) is 90.7 Å². The van der Waals surface area contributed by atoms with Gasteiger partial charge in [0.1, 0.15) is 0 Å². The number of rotatable bonds is 2. The fraction of sp³-hybridized carbons (Fsp3) is 0.294. The highest BCUT2D eigenvalue weighted by molar-refractivity contribution is 6.30. The fourth-order valence-electron chi connectivity index (χ4n) is 3.34. The van der Waals surface area contributed by atoms with E-state index in [1.54, 1.807) is 12.3 Å². The average Bonchev–Trinajstić information content (AvgIpc) is 2.96. The van der Waals surface area contributed by atoms with Crippen LogP contribution in [0.4, 0.5) is 5.95 Å². The molecular weight excluding hydrogens is 326 g/mol. The summed E-state index contributed by atoms with van der Waals surface area (Å²) in [7, 11) is 0.